The highest BCUT2D eigenvalue weighted by Gasteiger charge is 2.08. The average molecular weight is 290 g/mol. The Bertz CT molecular complexity index is 402. The molecule has 1 aliphatic heterocycles. The summed E-state index contributed by atoms with van der Waals surface area (Å²) in [4.78, 5) is 22.2. The highest BCUT2D eigenvalue weighted by Crippen LogP contribution is 2.10. The monoisotopic (exact) mass is 290 g/mol. The first-order chi connectivity index (χ1) is 10.4. The van der Waals surface area contributed by atoms with Crippen LogP contribution in [0.3, 0.4) is 0 Å². The predicted molar refractivity (Wildman–Crippen MR) is 83.1 cm³/mol. The van der Waals surface area contributed by atoms with Gasteiger partial charge in [0.1, 0.15) is 5.69 Å². The van der Waals surface area contributed by atoms with Gasteiger partial charge in [-0.1, -0.05) is 19.3 Å². The van der Waals surface area contributed by atoms with Gasteiger partial charge in [0.05, 0.1) is 6.20 Å². The molecule has 0 radical (unpaired) electrons. The molecule has 1 saturated heterocycles. The normalized spacial score (nSPS) is 16.4. The summed E-state index contributed by atoms with van der Waals surface area (Å²) >= 11 is 0. The van der Waals surface area contributed by atoms with Crippen molar-refractivity contribution in [3.8, 4) is 0 Å². The van der Waals surface area contributed by atoms with Crippen LogP contribution in [0.15, 0.2) is 18.6 Å². The van der Waals surface area contributed by atoms with Crippen LogP contribution < -0.4 is 5.32 Å². The fraction of sp³-hybridized carbons (Fsp3) is 0.688. The maximum atomic E-state index is 11.7. The number of unbranched alkanes of at least 4 members (excludes halogenated alkanes) is 2. The molecule has 0 unspecified atom stereocenters. The third-order valence-electron chi connectivity index (χ3n) is 3.93. The number of hydrogen-bond acceptors (Lipinski definition) is 4. The molecule has 0 aliphatic carbocycles. The van der Waals surface area contributed by atoms with E-state index in [1.165, 1.54) is 64.1 Å². The van der Waals surface area contributed by atoms with Crippen LogP contribution in [0.1, 0.15) is 55.4 Å². The second-order valence-electron chi connectivity index (χ2n) is 5.66. The molecule has 5 heteroatoms. The van der Waals surface area contributed by atoms with Gasteiger partial charge in [-0.15, -0.1) is 0 Å². The highest BCUT2D eigenvalue weighted by molar-refractivity contribution is 5.91. The summed E-state index contributed by atoms with van der Waals surface area (Å²) < 4.78 is 0. The summed E-state index contributed by atoms with van der Waals surface area (Å²) in [5.74, 6) is -0.129. The Morgan fingerprint density at radius 2 is 1.90 bits per heavy atom. The first kappa shape index (κ1) is 15.9. The van der Waals surface area contributed by atoms with Crippen molar-refractivity contribution in [2.45, 2.75) is 44.9 Å². The topological polar surface area (TPSA) is 58.1 Å². The van der Waals surface area contributed by atoms with E-state index in [4.69, 9.17) is 0 Å². The first-order valence-electron chi connectivity index (χ1n) is 8.13. The number of carbonyl (C=O) groups excluding carboxylic acids is 1. The minimum atomic E-state index is -0.129. The van der Waals surface area contributed by atoms with Crippen molar-refractivity contribution in [1.82, 2.24) is 20.2 Å². The Hall–Kier alpha value is -1.49. The Balaban J connectivity index is 1.51. The lowest BCUT2D eigenvalue weighted by Gasteiger charge is -2.19. The van der Waals surface area contributed by atoms with E-state index < -0.39 is 0 Å². The van der Waals surface area contributed by atoms with Gasteiger partial charge in [-0.05, 0) is 45.3 Å². The van der Waals surface area contributed by atoms with Crippen molar-refractivity contribution in [1.29, 1.82) is 0 Å². The van der Waals surface area contributed by atoms with Gasteiger partial charge in [0.25, 0.3) is 5.91 Å². The lowest BCUT2D eigenvalue weighted by molar-refractivity contribution is 0.0947. The van der Waals surface area contributed by atoms with E-state index in [-0.39, 0.29) is 5.91 Å². The van der Waals surface area contributed by atoms with Crippen LogP contribution in [-0.4, -0.2) is 47.0 Å². The van der Waals surface area contributed by atoms with E-state index in [1.807, 2.05) is 0 Å². The number of amides is 1. The van der Waals surface area contributed by atoms with E-state index in [0.29, 0.717) is 5.69 Å². The third kappa shape index (κ3) is 6.21. The summed E-state index contributed by atoms with van der Waals surface area (Å²) in [6.45, 7) is 4.46. The number of hydrogen-bond donors (Lipinski definition) is 1. The molecule has 1 amide bonds. The molecular weight excluding hydrogens is 264 g/mol. The average Bonchev–Trinajstić information content (AvgIpc) is 2.80. The zero-order valence-electron chi connectivity index (χ0n) is 12.8. The van der Waals surface area contributed by atoms with Crippen molar-refractivity contribution >= 4 is 5.91 Å². The standard InChI is InChI=1S/C16H26N4O/c21-16(15-14-17-9-10-18-15)19-8-4-3-7-13-20-11-5-1-2-6-12-20/h9-10,14H,1-8,11-13H2,(H,19,21). The molecule has 1 aliphatic rings. The molecule has 2 heterocycles. The minimum absolute atomic E-state index is 0.129. The van der Waals surface area contributed by atoms with Crippen LogP contribution in [0.5, 0.6) is 0 Å². The number of rotatable bonds is 7. The number of nitrogens with one attached hydrogen (secondary N) is 1. The van der Waals surface area contributed by atoms with Gasteiger partial charge in [0.15, 0.2) is 0 Å². The molecule has 21 heavy (non-hydrogen) atoms. The first-order valence-corrected chi connectivity index (χ1v) is 8.13. The maximum absolute atomic E-state index is 11.7. The van der Waals surface area contributed by atoms with E-state index >= 15 is 0 Å². The van der Waals surface area contributed by atoms with Gasteiger partial charge in [-0.2, -0.15) is 0 Å². The quantitative estimate of drug-likeness (QED) is 0.783. The molecular formula is C16H26N4O. The van der Waals surface area contributed by atoms with Gasteiger partial charge in [-0.3, -0.25) is 9.78 Å². The van der Waals surface area contributed by atoms with E-state index in [0.717, 1.165) is 19.4 Å². The maximum Gasteiger partial charge on any atom is 0.271 e. The number of nitrogens with zero attached hydrogens (tertiary/aromatic N) is 3. The van der Waals surface area contributed by atoms with Crippen molar-refractivity contribution in [3.05, 3.63) is 24.3 Å². The molecule has 5 nitrogen and oxygen atoms in total. The van der Waals surface area contributed by atoms with Crippen LogP contribution >= 0.6 is 0 Å². The van der Waals surface area contributed by atoms with Gasteiger partial charge < -0.3 is 10.2 Å². The molecule has 0 spiro atoms. The molecule has 2 rings (SSSR count). The zero-order chi connectivity index (χ0) is 14.8. The lowest BCUT2D eigenvalue weighted by Crippen LogP contribution is -2.27. The van der Waals surface area contributed by atoms with Gasteiger partial charge in [0, 0.05) is 18.9 Å². The van der Waals surface area contributed by atoms with Gasteiger partial charge >= 0.3 is 0 Å². The lowest BCUT2D eigenvalue weighted by atomic mass is 10.2. The Kier molecular flexibility index (Phi) is 7.15. The molecule has 0 aromatic carbocycles. The smallest absolute Gasteiger partial charge is 0.271 e. The van der Waals surface area contributed by atoms with Crippen molar-refractivity contribution in [3.63, 3.8) is 0 Å². The summed E-state index contributed by atoms with van der Waals surface area (Å²) in [7, 11) is 0. The second kappa shape index (κ2) is 9.45. The van der Waals surface area contributed by atoms with E-state index in [1.54, 1.807) is 6.20 Å². The predicted octanol–water partition coefficient (Wildman–Crippen LogP) is 2.25. The molecule has 1 aromatic rings. The van der Waals surface area contributed by atoms with Crippen molar-refractivity contribution in [2.24, 2.45) is 0 Å². The second-order valence-corrected chi connectivity index (χ2v) is 5.66. The van der Waals surface area contributed by atoms with E-state index in [2.05, 4.69) is 20.2 Å². The third-order valence-corrected chi connectivity index (χ3v) is 3.93. The SMILES string of the molecule is O=C(NCCCCCN1CCCCCC1)c1cnccn1. The van der Waals surface area contributed by atoms with Crippen LogP contribution in [0.25, 0.3) is 0 Å². The fourth-order valence-electron chi connectivity index (χ4n) is 2.71. The number of aromatic nitrogens is 2. The number of likely N-dealkylation sites (tertiary alicyclic amines) is 1. The van der Waals surface area contributed by atoms with Crippen molar-refractivity contribution < 1.29 is 4.79 Å². The summed E-state index contributed by atoms with van der Waals surface area (Å²) in [5, 5.41) is 2.89. The Morgan fingerprint density at radius 3 is 2.62 bits per heavy atom. The van der Waals surface area contributed by atoms with E-state index in [9.17, 15) is 4.79 Å². The zero-order valence-corrected chi connectivity index (χ0v) is 12.8. The molecule has 0 saturated carbocycles. The van der Waals surface area contributed by atoms with Crippen LogP contribution in [0.4, 0.5) is 0 Å². The fourth-order valence-corrected chi connectivity index (χ4v) is 2.71. The van der Waals surface area contributed by atoms with Crippen LogP contribution in [-0.2, 0) is 0 Å². The number of carbonyl (C=O) groups is 1. The summed E-state index contributed by atoms with van der Waals surface area (Å²) in [6.07, 6.45) is 13.5. The molecule has 116 valence electrons. The minimum Gasteiger partial charge on any atom is -0.351 e. The molecule has 1 aromatic heterocycles. The highest BCUT2D eigenvalue weighted by atomic mass is 16.1. The Labute approximate surface area is 127 Å². The Morgan fingerprint density at radius 1 is 1.10 bits per heavy atom. The van der Waals surface area contributed by atoms with Gasteiger partial charge in [-0.25, -0.2) is 4.98 Å². The summed E-state index contributed by atoms with van der Waals surface area (Å²) in [5.41, 5.74) is 0.391. The molecule has 1 fully saturated rings. The molecule has 0 bridgehead atoms. The summed E-state index contributed by atoms with van der Waals surface area (Å²) in [6, 6.07) is 0. The van der Waals surface area contributed by atoms with Crippen LogP contribution in [0.2, 0.25) is 0 Å². The van der Waals surface area contributed by atoms with Gasteiger partial charge in [0.2, 0.25) is 0 Å². The largest absolute Gasteiger partial charge is 0.351 e. The van der Waals surface area contributed by atoms with Crippen molar-refractivity contribution in [2.75, 3.05) is 26.2 Å². The molecule has 0 atom stereocenters. The molecule has 1 N–H and O–H groups in total. The van der Waals surface area contributed by atoms with Crippen LogP contribution in [0, 0.1) is 0 Å².